The van der Waals surface area contributed by atoms with Crippen molar-refractivity contribution >= 4 is 11.1 Å². The molecule has 4 nitrogen and oxygen atoms in total. The van der Waals surface area contributed by atoms with Gasteiger partial charge in [-0.25, -0.2) is 4.79 Å². The molecule has 4 heteroatoms. The number of oxazole rings is 1. The molecule has 2 aliphatic carbocycles. The standard InChI is InChI=1S/C14H16N2O2/c15-13(10-4-8-3-9(8)5-10)7-1-2-11-12(6-7)18-14(17)16-11/h1-2,6,8-10,13H,3-5,15H2,(H,16,17). The normalized spacial score (nSPS) is 31.5. The Kier molecular flexibility index (Phi) is 2.01. The lowest BCUT2D eigenvalue weighted by Gasteiger charge is -2.20. The molecular formula is C14H16N2O2. The van der Waals surface area contributed by atoms with Crippen LogP contribution >= 0.6 is 0 Å². The molecule has 2 aromatic rings. The number of hydrogen-bond acceptors (Lipinski definition) is 3. The van der Waals surface area contributed by atoms with Gasteiger partial charge in [-0.05, 0) is 54.7 Å². The third-order valence-corrected chi connectivity index (χ3v) is 4.62. The summed E-state index contributed by atoms with van der Waals surface area (Å²) in [5, 5.41) is 0. The summed E-state index contributed by atoms with van der Waals surface area (Å²) in [5.41, 5.74) is 8.78. The van der Waals surface area contributed by atoms with Crippen molar-refractivity contribution in [3.05, 3.63) is 34.3 Å². The smallest absolute Gasteiger partial charge is 0.408 e. The van der Waals surface area contributed by atoms with Gasteiger partial charge in [-0.15, -0.1) is 0 Å². The largest absolute Gasteiger partial charge is 0.417 e. The van der Waals surface area contributed by atoms with E-state index in [1.165, 1.54) is 19.3 Å². The fraction of sp³-hybridized carbons (Fsp3) is 0.500. The topological polar surface area (TPSA) is 72.0 Å². The Bertz CT molecular complexity index is 647. The van der Waals surface area contributed by atoms with E-state index in [9.17, 15) is 4.79 Å². The second-order valence-electron chi connectivity index (χ2n) is 5.78. The van der Waals surface area contributed by atoms with E-state index >= 15 is 0 Å². The molecule has 3 unspecified atom stereocenters. The second-order valence-corrected chi connectivity index (χ2v) is 5.78. The van der Waals surface area contributed by atoms with Crippen LogP contribution in [0.2, 0.25) is 0 Å². The summed E-state index contributed by atoms with van der Waals surface area (Å²) in [6, 6.07) is 5.86. The molecule has 1 aromatic carbocycles. The molecule has 0 amide bonds. The zero-order valence-corrected chi connectivity index (χ0v) is 10.1. The Balaban J connectivity index is 1.66. The summed E-state index contributed by atoms with van der Waals surface area (Å²) < 4.78 is 5.08. The molecule has 2 saturated carbocycles. The predicted octanol–water partition coefficient (Wildman–Crippen LogP) is 2.17. The van der Waals surface area contributed by atoms with E-state index < -0.39 is 5.76 Å². The fourth-order valence-corrected chi connectivity index (χ4v) is 3.50. The molecule has 3 N–H and O–H groups in total. The van der Waals surface area contributed by atoms with Crippen molar-refractivity contribution in [2.24, 2.45) is 23.5 Å². The lowest BCUT2D eigenvalue weighted by Crippen LogP contribution is -2.20. The molecule has 0 bridgehead atoms. The first kappa shape index (κ1) is 10.4. The Morgan fingerprint density at radius 3 is 2.83 bits per heavy atom. The quantitative estimate of drug-likeness (QED) is 0.850. The van der Waals surface area contributed by atoms with Crippen molar-refractivity contribution in [3.63, 3.8) is 0 Å². The van der Waals surface area contributed by atoms with Crippen LogP contribution in [0.1, 0.15) is 30.9 Å². The number of benzene rings is 1. The van der Waals surface area contributed by atoms with Crippen molar-refractivity contribution < 1.29 is 4.42 Å². The number of aromatic amines is 1. The molecule has 0 spiro atoms. The Morgan fingerprint density at radius 1 is 1.28 bits per heavy atom. The van der Waals surface area contributed by atoms with Crippen LogP contribution in [0.15, 0.2) is 27.4 Å². The lowest BCUT2D eigenvalue weighted by atomic mass is 9.90. The summed E-state index contributed by atoms with van der Waals surface area (Å²) in [6.07, 6.45) is 3.94. The summed E-state index contributed by atoms with van der Waals surface area (Å²) in [6.45, 7) is 0. The third kappa shape index (κ3) is 1.52. The van der Waals surface area contributed by atoms with Crippen LogP contribution < -0.4 is 11.5 Å². The van der Waals surface area contributed by atoms with Crippen molar-refractivity contribution in [2.45, 2.75) is 25.3 Å². The molecule has 0 saturated heterocycles. The molecule has 0 radical (unpaired) electrons. The summed E-state index contributed by atoms with van der Waals surface area (Å²) in [7, 11) is 0. The van der Waals surface area contributed by atoms with Crippen molar-refractivity contribution in [2.75, 3.05) is 0 Å². The molecule has 2 fully saturated rings. The zero-order valence-electron chi connectivity index (χ0n) is 10.1. The van der Waals surface area contributed by atoms with Crippen LogP contribution in [0, 0.1) is 17.8 Å². The highest BCUT2D eigenvalue weighted by Crippen LogP contribution is 2.56. The molecule has 18 heavy (non-hydrogen) atoms. The maximum Gasteiger partial charge on any atom is 0.417 e. The van der Waals surface area contributed by atoms with Crippen LogP contribution in [0.5, 0.6) is 0 Å². The summed E-state index contributed by atoms with van der Waals surface area (Å²) in [5.74, 6) is 2.07. The Labute approximate surface area is 104 Å². The first-order valence-electron chi connectivity index (χ1n) is 6.59. The maximum atomic E-state index is 11.1. The molecule has 3 atom stereocenters. The van der Waals surface area contributed by atoms with Crippen molar-refractivity contribution in [3.8, 4) is 0 Å². The van der Waals surface area contributed by atoms with E-state index in [-0.39, 0.29) is 6.04 Å². The van der Waals surface area contributed by atoms with Gasteiger partial charge in [0.25, 0.3) is 0 Å². The maximum absolute atomic E-state index is 11.1. The summed E-state index contributed by atoms with van der Waals surface area (Å²) >= 11 is 0. The van der Waals surface area contributed by atoms with Gasteiger partial charge in [0.1, 0.15) is 0 Å². The number of aromatic nitrogens is 1. The fourth-order valence-electron chi connectivity index (χ4n) is 3.50. The first-order valence-corrected chi connectivity index (χ1v) is 6.59. The van der Waals surface area contributed by atoms with E-state index in [4.69, 9.17) is 10.2 Å². The number of nitrogens with one attached hydrogen (secondary N) is 1. The van der Waals surface area contributed by atoms with Gasteiger partial charge in [0.15, 0.2) is 5.58 Å². The van der Waals surface area contributed by atoms with Gasteiger partial charge in [-0.2, -0.15) is 0 Å². The van der Waals surface area contributed by atoms with Crippen molar-refractivity contribution in [1.29, 1.82) is 0 Å². The number of fused-ring (bicyclic) bond motifs is 2. The first-order chi connectivity index (χ1) is 8.70. The molecule has 4 rings (SSSR count). The van der Waals surface area contributed by atoms with E-state index in [1.54, 1.807) is 0 Å². The van der Waals surface area contributed by atoms with Crippen LogP contribution in [-0.2, 0) is 0 Å². The molecule has 94 valence electrons. The minimum Gasteiger partial charge on any atom is -0.408 e. The number of hydrogen-bond donors (Lipinski definition) is 2. The lowest BCUT2D eigenvalue weighted by molar-refractivity contribution is 0.404. The predicted molar refractivity (Wildman–Crippen MR) is 68.1 cm³/mol. The zero-order chi connectivity index (χ0) is 12.3. The van der Waals surface area contributed by atoms with E-state index in [0.717, 1.165) is 22.9 Å². The van der Waals surface area contributed by atoms with Crippen LogP contribution in [0.4, 0.5) is 0 Å². The van der Waals surface area contributed by atoms with Crippen LogP contribution in [-0.4, -0.2) is 4.98 Å². The highest BCUT2D eigenvalue weighted by atomic mass is 16.4. The van der Waals surface area contributed by atoms with Crippen LogP contribution in [0.3, 0.4) is 0 Å². The van der Waals surface area contributed by atoms with E-state index in [2.05, 4.69) is 4.98 Å². The highest BCUT2D eigenvalue weighted by molar-refractivity contribution is 5.72. The average molecular weight is 244 g/mol. The average Bonchev–Trinajstić information content (AvgIpc) is 2.82. The minimum atomic E-state index is -0.405. The third-order valence-electron chi connectivity index (χ3n) is 4.62. The van der Waals surface area contributed by atoms with Gasteiger partial charge >= 0.3 is 5.76 Å². The molecule has 1 aromatic heterocycles. The highest BCUT2D eigenvalue weighted by Gasteiger charge is 2.47. The Morgan fingerprint density at radius 2 is 2.06 bits per heavy atom. The van der Waals surface area contributed by atoms with Gasteiger partial charge in [-0.3, -0.25) is 4.98 Å². The molecule has 2 aliphatic rings. The van der Waals surface area contributed by atoms with E-state index in [1.807, 2.05) is 18.2 Å². The van der Waals surface area contributed by atoms with Gasteiger partial charge < -0.3 is 10.2 Å². The Hall–Kier alpha value is -1.55. The summed E-state index contributed by atoms with van der Waals surface area (Å²) in [4.78, 5) is 13.8. The van der Waals surface area contributed by atoms with E-state index in [0.29, 0.717) is 11.5 Å². The molecule has 1 heterocycles. The van der Waals surface area contributed by atoms with Gasteiger partial charge in [-0.1, -0.05) is 6.07 Å². The van der Waals surface area contributed by atoms with Crippen LogP contribution in [0.25, 0.3) is 11.1 Å². The van der Waals surface area contributed by atoms with Crippen molar-refractivity contribution in [1.82, 2.24) is 4.98 Å². The van der Waals surface area contributed by atoms with Gasteiger partial charge in [0, 0.05) is 6.04 Å². The molecule has 0 aliphatic heterocycles. The van der Waals surface area contributed by atoms with Gasteiger partial charge in [0.2, 0.25) is 0 Å². The molecular weight excluding hydrogens is 228 g/mol. The number of nitrogens with two attached hydrogens (primary N) is 1. The monoisotopic (exact) mass is 244 g/mol. The number of rotatable bonds is 2. The van der Waals surface area contributed by atoms with Gasteiger partial charge in [0.05, 0.1) is 5.52 Å². The number of H-pyrrole nitrogens is 1. The second kappa shape index (κ2) is 3.48. The minimum absolute atomic E-state index is 0.0717. The SMILES string of the molecule is NC(c1ccc2[nH]c(=O)oc2c1)C1CC2CC2C1.